The zero-order valence-electron chi connectivity index (χ0n) is 5.34. The van der Waals surface area contributed by atoms with Gasteiger partial charge in [-0.25, -0.2) is 0 Å². The Balaban J connectivity index is 2.70. The summed E-state index contributed by atoms with van der Waals surface area (Å²) in [7, 11) is 0. The van der Waals surface area contributed by atoms with Gasteiger partial charge in [0.05, 0.1) is 12.1 Å². The maximum atomic E-state index is 5.42. The minimum Gasteiger partial charge on any atom is -0.369 e. The van der Waals surface area contributed by atoms with Gasteiger partial charge in [0, 0.05) is 0 Å². The lowest BCUT2D eigenvalue weighted by Gasteiger charge is -1.97. The Labute approximate surface area is 72.1 Å². The van der Waals surface area contributed by atoms with Gasteiger partial charge in [-0.3, -0.25) is 4.72 Å². The van der Waals surface area contributed by atoms with E-state index in [2.05, 4.69) is 19.4 Å². The molecular formula is C4H5N5S2. The Kier molecular flexibility index (Phi) is 1.40. The van der Waals surface area contributed by atoms with Crippen LogP contribution in [0.25, 0.3) is 0 Å². The second kappa shape index (κ2) is 2.28. The number of hydrogen-bond acceptors (Lipinski definition) is 6. The number of fused-ring (bicyclic) bond motifs is 1. The second-order valence-electron chi connectivity index (χ2n) is 1.98. The molecule has 0 fully saturated rings. The predicted molar refractivity (Wildman–Crippen MR) is 48.7 cm³/mol. The van der Waals surface area contributed by atoms with E-state index in [4.69, 9.17) is 18.0 Å². The standard InChI is InChI=1S/C4H5N5S2/c5-4-6-2-1(3(10)7-4)8-11-9-2/h8H,(H4,5,6,7,9,10). The van der Waals surface area contributed by atoms with Crippen LogP contribution in [0.4, 0.5) is 17.5 Å². The summed E-state index contributed by atoms with van der Waals surface area (Å²) in [5, 5.41) is 0. The Hall–Kier alpha value is -0.950. The summed E-state index contributed by atoms with van der Waals surface area (Å²) >= 11 is 6.30. The first kappa shape index (κ1) is 6.74. The molecule has 0 aliphatic carbocycles. The molecule has 7 heteroatoms. The molecule has 0 aromatic carbocycles. The van der Waals surface area contributed by atoms with Crippen molar-refractivity contribution in [2.75, 3.05) is 15.2 Å². The first-order valence-corrected chi connectivity index (χ1v) is 4.07. The number of rotatable bonds is 0. The fraction of sp³-hybridized carbons (Fsp3) is 0. The van der Waals surface area contributed by atoms with E-state index >= 15 is 0 Å². The summed E-state index contributed by atoms with van der Waals surface area (Å²) in [4.78, 5) is 6.71. The number of nitrogen functional groups attached to an aromatic ring is 1. The van der Waals surface area contributed by atoms with Crippen LogP contribution in [0.5, 0.6) is 0 Å². The van der Waals surface area contributed by atoms with Gasteiger partial charge in [-0.05, 0) is 0 Å². The molecule has 11 heavy (non-hydrogen) atoms. The Morgan fingerprint density at radius 1 is 1.45 bits per heavy atom. The molecule has 0 atom stereocenters. The van der Waals surface area contributed by atoms with E-state index in [1.807, 2.05) is 0 Å². The molecule has 0 spiro atoms. The maximum absolute atomic E-state index is 5.42. The molecule has 0 saturated heterocycles. The van der Waals surface area contributed by atoms with E-state index in [0.29, 0.717) is 16.4 Å². The van der Waals surface area contributed by atoms with Gasteiger partial charge >= 0.3 is 0 Å². The first-order chi connectivity index (χ1) is 5.27. The summed E-state index contributed by atoms with van der Waals surface area (Å²) in [6, 6.07) is 0. The molecule has 2 heterocycles. The third-order valence-corrected chi connectivity index (χ3v) is 2.15. The second-order valence-corrected chi connectivity index (χ2v) is 3.00. The number of nitrogens with one attached hydrogen (secondary N) is 3. The van der Waals surface area contributed by atoms with E-state index in [9.17, 15) is 0 Å². The Morgan fingerprint density at radius 3 is 3.09 bits per heavy atom. The lowest BCUT2D eigenvalue weighted by Crippen LogP contribution is -1.96. The highest BCUT2D eigenvalue weighted by Crippen LogP contribution is 2.31. The van der Waals surface area contributed by atoms with Crippen molar-refractivity contribution in [3.05, 3.63) is 4.64 Å². The molecule has 0 saturated carbocycles. The van der Waals surface area contributed by atoms with Crippen LogP contribution >= 0.6 is 24.4 Å². The quantitative estimate of drug-likeness (QED) is 0.360. The van der Waals surface area contributed by atoms with Crippen molar-refractivity contribution < 1.29 is 0 Å². The molecule has 1 aliphatic rings. The number of H-pyrrole nitrogens is 1. The van der Waals surface area contributed by atoms with Crippen molar-refractivity contribution in [1.82, 2.24) is 9.97 Å². The summed E-state index contributed by atoms with van der Waals surface area (Å²) in [5.74, 6) is 1.02. The van der Waals surface area contributed by atoms with Crippen LogP contribution in [0.3, 0.4) is 0 Å². The lowest BCUT2D eigenvalue weighted by atomic mass is 10.5. The van der Waals surface area contributed by atoms with E-state index in [1.54, 1.807) is 0 Å². The van der Waals surface area contributed by atoms with E-state index in [1.165, 1.54) is 12.1 Å². The highest BCUT2D eigenvalue weighted by Gasteiger charge is 2.13. The number of aromatic nitrogens is 2. The van der Waals surface area contributed by atoms with Crippen LogP contribution in [0, 0.1) is 4.64 Å². The predicted octanol–water partition coefficient (Wildman–Crippen LogP) is 1.12. The van der Waals surface area contributed by atoms with Crippen LogP contribution in [0.15, 0.2) is 0 Å². The average molecular weight is 187 g/mol. The molecule has 0 amide bonds. The van der Waals surface area contributed by atoms with Gasteiger partial charge in [-0.15, -0.1) is 0 Å². The largest absolute Gasteiger partial charge is 0.369 e. The monoisotopic (exact) mass is 187 g/mol. The minimum absolute atomic E-state index is 0.325. The maximum Gasteiger partial charge on any atom is 0.200 e. The Bertz CT molecular complexity index is 345. The van der Waals surface area contributed by atoms with Gasteiger partial charge in [0.2, 0.25) is 5.95 Å². The fourth-order valence-corrected chi connectivity index (χ4v) is 1.70. The van der Waals surface area contributed by atoms with Gasteiger partial charge in [-0.2, -0.15) is 4.98 Å². The third kappa shape index (κ3) is 1.02. The minimum atomic E-state index is 0.325. The SMILES string of the molecule is Nc1nc2c(c(=S)[nH]1)NSN2. The molecule has 5 N–H and O–H groups in total. The average Bonchev–Trinajstić information content (AvgIpc) is 2.34. The van der Waals surface area contributed by atoms with Crippen LogP contribution < -0.4 is 15.2 Å². The number of nitrogens with zero attached hydrogens (tertiary/aromatic N) is 1. The number of aromatic amines is 1. The van der Waals surface area contributed by atoms with Gasteiger partial charge in [0.15, 0.2) is 5.82 Å². The van der Waals surface area contributed by atoms with Crippen LogP contribution in [0.1, 0.15) is 0 Å². The van der Waals surface area contributed by atoms with Crippen LogP contribution in [0.2, 0.25) is 0 Å². The third-order valence-electron chi connectivity index (χ3n) is 1.24. The smallest absolute Gasteiger partial charge is 0.200 e. The fourth-order valence-electron chi connectivity index (χ4n) is 0.784. The topological polar surface area (TPSA) is 78.8 Å². The van der Waals surface area contributed by atoms with Gasteiger partial charge in [-0.1, -0.05) is 12.2 Å². The van der Waals surface area contributed by atoms with Gasteiger partial charge in [0.25, 0.3) is 0 Å². The summed E-state index contributed by atoms with van der Waals surface area (Å²) in [6.07, 6.45) is 0. The van der Waals surface area contributed by atoms with Crippen molar-refractivity contribution in [2.45, 2.75) is 0 Å². The van der Waals surface area contributed by atoms with Crippen molar-refractivity contribution in [3.8, 4) is 0 Å². The summed E-state index contributed by atoms with van der Waals surface area (Å²) < 4.78 is 6.43. The zero-order valence-corrected chi connectivity index (χ0v) is 6.97. The first-order valence-electron chi connectivity index (χ1n) is 2.85. The molecule has 1 aromatic rings. The molecule has 1 aromatic heterocycles. The number of anilines is 3. The highest BCUT2D eigenvalue weighted by atomic mass is 32.2. The summed E-state index contributed by atoms with van der Waals surface area (Å²) in [6.45, 7) is 0. The molecule has 58 valence electrons. The van der Waals surface area contributed by atoms with Crippen LogP contribution in [-0.2, 0) is 0 Å². The molecule has 0 unspecified atom stereocenters. The normalized spacial score (nSPS) is 13.5. The number of hydrogen-bond donors (Lipinski definition) is 4. The molecular weight excluding hydrogens is 182 g/mol. The van der Waals surface area contributed by atoms with Crippen molar-refractivity contribution in [2.24, 2.45) is 0 Å². The van der Waals surface area contributed by atoms with Crippen molar-refractivity contribution in [1.29, 1.82) is 0 Å². The number of nitrogens with two attached hydrogens (primary N) is 1. The Morgan fingerprint density at radius 2 is 2.27 bits per heavy atom. The van der Waals surface area contributed by atoms with Gasteiger partial charge < -0.3 is 15.4 Å². The van der Waals surface area contributed by atoms with E-state index in [0.717, 1.165) is 5.69 Å². The lowest BCUT2D eigenvalue weighted by molar-refractivity contribution is 1.19. The van der Waals surface area contributed by atoms with Crippen molar-refractivity contribution in [3.63, 3.8) is 0 Å². The van der Waals surface area contributed by atoms with Gasteiger partial charge in [0.1, 0.15) is 10.3 Å². The molecule has 5 nitrogen and oxygen atoms in total. The molecule has 1 aliphatic heterocycles. The zero-order chi connectivity index (χ0) is 7.84. The van der Waals surface area contributed by atoms with E-state index in [-0.39, 0.29) is 0 Å². The highest BCUT2D eigenvalue weighted by molar-refractivity contribution is 8.02. The van der Waals surface area contributed by atoms with Crippen molar-refractivity contribution >= 4 is 41.8 Å². The summed E-state index contributed by atoms with van der Waals surface area (Å²) in [5.41, 5.74) is 6.21. The van der Waals surface area contributed by atoms with Crippen LogP contribution in [-0.4, -0.2) is 9.97 Å². The molecule has 0 radical (unpaired) electrons. The molecule has 2 rings (SSSR count). The van der Waals surface area contributed by atoms with E-state index < -0.39 is 0 Å². The molecule has 0 bridgehead atoms.